The van der Waals surface area contributed by atoms with E-state index < -0.39 is 9.84 Å². The Bertz CT molecular complexity index is 829. The second-order valence-corrected chi connectivity index (χ2v) is 7.53. The van der Waals surface area contributed by atoms with Gasteiger partial charge in [-0.1, -0.05) is 34.8 Å². The highest BCUT2D eigenvalue weighted by Gasteiger charge is 2.17. The lowest BCUT2D eigenvalue weighted by atomic mass is 10.3. The van der Waals surface area contributed by atoms with Crippen LogP contribution >= 0.6 is 34.8 Å². The molecule has 22 heavy (non-hydrogen) atoms. The minimum Gasteiger partial charge on any atom is -0.453 e. The average Bonchev–Trinajstić information content (AvgIpc) is 2.42. The number of nitroso groups, excluding NO2 is 1. The highest BCUT2D eigenvalue weighted by atomic mass is 35.5. The summed E-state index contributed by atoms with van der Waals surface area (Å²) >= 11 is 18.0. The lowest BCUT2D eigenvalue weighted by Gasteiger charge is -2.12. The number of ether oxygens (including phenoxy) is 1. The quantitative estimate of drug-likeness (QED) is 0.680. The molecule has 0 aliphatic heterocycles. The molecule has 0 N–H and O–H groups in total. The standard InChI is InChI=1S/C13H8Cl3NO4S/c1-22(19,20)8-5-10(15)13(11(16)6-8)21-12-3-2-7(17-18)4-9(12)14/h2-6H,1H3. The second-order valence-electron chi connectivity index (χ2n) is 4.30. The van der Waals surface area contributed by atoms with Gasteiger partial charge >= 0.3 is 0 Å². The lowest BCUT2D eigenvalue weighted by Crippen LogP contribution is -1.98. The van der Waals surface area contributed by atoms with Crippen molar-refractivity contribution < 1.29 is 13.2 Å². The van der Waals surface area contributed by atoms with Gasteiger partial charge in [0.1, 0.15) is 11.4 Å². The Labute approximate surface area is 141 Å². The van der Waals surface area contributed by atoms with E-state index in [4.69, 9.17) is 39.5 Å². The van der Waals surface area contributed by atoms with E-state index >= 15 is 0 Å². The van der Waals surface area contributed by atoms with Gasteiger partial charge in [-0.25, -0.2) is 8.42 Å². The third-order valence-electron chi connectivity index (χ3n) is 2.63. The van der Waals surface area contributed by atoms with E-state index in [0.717, 1.165) is 6.26 Å². The van der Waals surface area contributed by atoms with Crippen LogP contribution in [0, 0.1) is 4.91 Å². The van der Waals surface area contributed by atoms with Gasteiger partial charge in [0.2, 0.25) is 0 Å². The normalized spacial score (nSPS) is 11.3. The minimum atomic E-state index is -3.45. The molecule has 0 spiro atoms. The molecule has 0 aliphatic carbocycles. The molecular formula is C13H8Cl3NO4S. The summed E-state index contributed by atoms with van der Waals surface area (Å²) in [6.07, 6.45) is 1.04. The largest absolute Gasteiger partial charge is 0.453 e. The maximum atomic E-state index is 11.5. The Kier molecular flexibility index (Phi) is 4.97. The zero-order valence-electron chi connectivity index (χ0n) is 11.0. The fourth-order valence-corrected chi connectivity index (χ4v) is 3.16. The molecule has 9 heteroatoms. The molecule has 0 heterocycles. The van der Waals surface area contributed by atoms with Crippen LogP contribution in [-0.2, 0) is 9.84 Å². The monoisotopic (exact) mass is 379 g/mol. The van der Waals surface area contributed by atoms with Crippen LogP contribution in [-0.4, -0.2) is 14.7 Å². The van der Waals surface area contributed by atoms with E-state index in [1.165, 1.54) is 30.3 Å². The number of nitrogens with zero attached hydrogens (tertiary/aromatic N) is 1. The molecule has 0 unspecified atom stereocenters. The van der Waals surface area contributed by atoms with Gasteiger partial charge in [-0.2, -0.15) is 0 Å². The molecule has 0 aromatic heterocycles. The van der Waals surface area contributed by atoms with Gasteiger partial charge in [-0.3, -0.25) is 0 Å². The van der Waals surface area contributed by atoms with E-state index in [1.807, 2.05) is 0 Å². The van der Waals surface area contributed by atoms with Crippen LogP contribution in [0.1, 0.15) is 0 Å². The molecule has 0 fully saturated rings. The number of rotatable bonds is 4. The van der Waals surface area contributed by atoms with Crippen molar-refractivity contribution in [1.82, 2.24) is 0 Å². The van der Waals surface area contributed by atoms with Crippen molar-refractivity contribution in [2.45, 2.75) is 4.90 Å². The molecule has 2 rings (SSSR count). The highest BCUT2D eigenvalue weighted by molar-refractivity contribution is 7.90. The Morgan fingerprint density at radius 3 is 2.05 bits per heavy atom. The molecule has 0 radical (unpaired) electrons. The summed E-state index contributed by atoms with van der Waals surface area (Å²) in [5.41, 5.74) is 0.141. The minimum absolute atomic E-state index is 0.0154. The fourth-order valence-electron chi connectivity index (χ4n) is 1.59. The number of halogens is 3. The van der Waals surface area contributed by atoms with Crippen molar-refractivity contribution in [2.75, 3.05) is 6.26 Å². The van der Waals surface area contributed by atoms with Gasteiger partial charge in [0, 0.05) is 6.26 Å². The van der Waals surface area contributed by atoms with Crippen molar-refractivity contribution >= 4 is 50.3 Å². The number of hydrogen-bond donors (Lipinski definition) is 0. The van der Waals surface area contributed by atoms with E-state index in [9.17, 15) is 13.3 Å². The molecule has 0 aliphatic rings. The molecule has 5 nitrogen and oxygen atoms in total. The van der Waals surface area contributed by atoms with Gasteiger partial charge in [0.15, 0.2) is 15.6 Å². The Balaban J connectivity index is 2.45. The first-order valence-electron chi connectivity index (χ1n) is 5.72. The first kappa shape index (κ1) is 17.0. The van der Waals surface area contributed by atoms with E-state index in [1.54, 1.807) is 0 Å². The summed E-state index contributed by atoms with van der Waals surface area (Å²) < 4.78 is 28.5. The van der Waals surface area contributed by atoms with Crippen LogP contribution in [0.3, 0.4) is 0 Å². The van der Waals surface area contributed by atoms with Gasteiger partial charge in [-0.15, -0.1) is 4.91 Å². The first-order valence-corrected chi connectivity index (χ1v) is 8.75. The van der Waals surface area contributed by atoms with Gasteiger partial charge in [0.25, 0.3) is 0 Å². The summed E-state index contributed by atoms with van der Waals surface area (Å²) in [7, 11) is -3.45. The van der Waals surface area contributed by atoms with Crippen LogP contribution in [0.15, 0.2) is 40.4 Å². The predicted octanol–water partition coefficient (Wildman–Crippen LogP) is 5.24. The summed E-state index contributed by atoms with van der Waals surface area (Å²) in [4.78, 5) is 10.4. The van der Waals surface area contributed by atoms with Crippen molar-refractivity contribution in [3.8, 4) is 11.5 Å². The van der Waals surface area contributed by atoms with E-state index in [2.05, 4.69) is 5.18 Å². The van der Waals surface area contributed by atoms with Crippen molar-refractivity contribution in [1.29, 1.82) is 0 Å². The van der Waals surface area contributed by atoms with Crippen molar-refractivity contribution in [2.24, 2.45) is 5.18 Å². The molecule has 0 atom stereocenters. The summed E-state index contributed by atoms with van der Waals surface area (Å²) in [6, 6.07) is 6.61. The number of sulfone groups is 1. The third-order valence-corrected chi connectivity index (χ3v) is 4.58. The zero-order valence-corrected chi connectivity index (χ0v) is 14.1. The molecule has 0 bridgehead atoms. The fraction of sp³-hybridized carbons (Fsp3) is 0.0769. The summed E-state index contributed by atoms with van der Waals surface area (Å²) in [6.45, 7) is 0. The molecule has 2 aromatic carbocycles. The Morgan fingerprint density at radius 2 is 1.59 bits per heavy atom. The third kappa shape index (κ3) is 3.70. The van der Waals surface area contributed by atoms with Crippen molar-refractivity contribution in [3.63, 3.8) is 0 Å². The zero-order chi connectivity index (χ0) is 16.5. The maximum Gasteiger partial charge on any atom is 0.175 e. The smallest absolute Gasteiger partial charge is 0.175 e. The SMILES string of the molecule is CS(=O)(=O)c1cc(Cl)c(Oc2ccc(N=O)cc2Cl)c(Cl)c1. The Hall–Kier alpha value is -1.34. The Morgan fingerprint density at radius 1 is 1.00 bits per heavy atom. The van der Waals surface area contributed by atoms with Gasteiger partial charge in [-0.05, 0) is 35.5 Å². The highest BCUT2D eigenvalue weighted by Crippen LogP contribution is 2.41. The van der Waals surface area contributed by atoms with Crippen molar-refractivity contribution in [3.05, 3.63) is 50.3 Å². The van der Waals surface area contributed by atoms with Crippen LogP contribution in [0.25, 0.3) is 0 Å². The number of benzene rings is 2. The van der Waals surface area contributed by atoms with Crippen LogP contribution < -0.4 is 4.74 Å². The lowest BCUT2D eigenvalue weighted by molar-refractivity contribution is 0.483. The first-order chi connectivity index (χ1) is 10.2. The predicted molar refractivity (Wildman–Crippen MR) is 86.6 cm³/mol. The molecule has 0 amide bonds. The van der Waals surface area contributed by atoms with Gasteiger partial charge < -0.3 is 4.74 Å². The summed E-state index contributed by atoms with van der Waals surface area (Å²) in [5, 5.41) is 2.91. The van der Waals surface area contributed by atoms with Crippen LogP contribution in [0.4, 0.5) is 5.69 Å². The van der Waals surface area contributed by atoms with Crippen LogP contribution in [0.5, 0.6) is 11.5 Å². The van der Waals surface area contributed by atoms with E-state index in [0.29, 0.717) is 0 Å². The molecule has 116 valence electrons. The number of hydrogen-bond acceptors (Lipinski definition) is 5. The molecule has 0 saturated heterocycles. The van der Waals surface area contributed by atoms with E-state index in [-0.39, 0.29) is 37.1 Å². The molecular weight excluding hydrogens is 373 g/mol. The topological polar surface area (TPSA) is 72.8 Å². The average molecular weight is 381 g/mol. The second kappa shape index (κ2) is 6.42. The van der Waals surface area contributed by atoms with Gasteiger partial charge in [0.05, 0.1) is 20.0 Å². The van der Waals surface area contributed by atoms with Crippen LogP contribution in [0.2, 0.25) is 15.1 Å². The maximum absolute atomic E-state index is 11.5. The molecule has 0 saturated carbocycles. The summed E-state index contributed by atoms with van der Waals surface area (Å²) in [5.74, 6) is 0.259. The molecule has 2 aromatic rings.